The fourth-order valence-electron chi connectivity index (χ4n) is 3.09. The molecule has 1 aliphatic rings. The number of thiazole rings is 1. The molecule has 1 fully saturated rings. The van der Waals surface area contributed by atoms with Gasteiger partial charge in [0.2, 0.25) is 5.91 Å². The Morgan fingerprint density at radius 1 is 1.26 bits per heavy atom. The summed E-state index contributed by atoms with van der Waals surface area (Å²) in [5.41, 5.74) is 0.867. The van der Waals surface area contributed by atoms with Crippen LogP contribution < -0.4 is 5.32 Å². The van der Waals surface area contributed by atoms with E-state index in [1.807, 2.05) is 13.8 Å². The van der Waals surface area contributed by atoms with Gasteiger partial charge in [0.25, 0.3) is 5.89 Å². The summed E-state index contributed by atoms with van der Waals surface area (Å²) < 4.78 is 5.54. The standard InChI is InChI=1S/C16H22N4O2S/c1-10-14(23-11(2)17-10)15-19-20-16(22-15)18-13(21)9-8-12-6-4-3-5-7-12/h12H,3-9H2,1-2H3,(H,18,20,21). The van der Waals surface area contributed by atoms with Gasteiger partial charge in [-0.25, -0.2) is 4.98 Å². The minimum absolute atomic E-state index is 0.0528. The van der Waals surface area contributed by atoms with Gasteiger partial charge in [0, 0.05) is 6.42 Å². The zero-order valence-electron chi connectivity index (χ0n) is 13.6. The Balaban J connectivity index is 1.54. The summed E-state index contributed by atoms with van der Waals surface area (Å²) in [4.78, 5) is 17.2. The van der Waals surface area contributed by atoms with E-state index in [0.717, 1.165) is 22.0 Å². The molecule has 2 aromatic rings. The number of carbonyl (C=O) groups is 1. The molecule has 1 saturated carbocycles. The van der Waals surface area contributed by atoms with E-state index in [9.17, 15) is 4.79 Å². The van der Waals surface area contributed by atoms with E-state index in [1.165, 1.54) is 43.4 Å². The Hall–Kier alpha value is -1.76. The highest BCUT2D eigenvalue weighted by atomic mass is 32.1. The molecule has 0 saturated heterocycles. The lowest BCUT2D eigenvalue weighted by atomic mass is 9.86. The van der Waals surface area contributed by atoms with Gasteiger partial charge in [-0.1, -0.05) is 37.2 Å². The summed E-state index contributed by atoms with van der Waals surface area (Å²) in [5.74, 6) is 1.05. The van der Waals surface area contributed by atoms with Crippen molar-refractivity contribution in [3.05, 3.63) is 10.7 Å². The van der Waals surface area contributed by atoms with Crippen molar-refractivity contribution < 1.29 is 9.21 Å². The van der Waals surface area contributed by atoms with Crippen LogP contribution in [0.15, 0.2) is 4.42 Å². The van der Waals surface area contributed by atoms with Crippen LogP contribution in [0.3, 0.4) is 0 Å². The minimum atomic E-state index is -0.0528. The second-order valence-electron chi connectivity index (χ2n) is 6.15. The van der Waals surface area contributed by atoms with Gasteiger partial charge in [-0.05, 0) is 26.2 Å². The zero-order chi connectivity index (χ0) is 16.2. The lowest BCUT2D eigenvalue weighted by Crippen LogP contribution is -2.15. The van der Waals surface area contributed by atoms with E-state index in [4.69, 9.17) is 4.42 Å². The third-order valence-corrected chi connectivity index (χ3v) is 5.33. The lowest BCUT2D eigenvalue weighted by Gasteiger charge is -2.20. The maximum absolute atomic E-state index is 12.0. The predicted molar refractivity (Wildman–Crippen MR) is 89.3 cm³/mol. The van der Waals surface area contributed by atoms with Crippen LogP contribution in [0.4, 0.5) is 6.01 Å². The van der Waals surface area contributed by atoms with E-state index < -0.39 is 0 Å². The van der Waals surface area contributed by atoms with Gasteiger partial charge in [-0.2, -0.15) is 0 Å². The lowest BCUT2D eigenvalue weighted by molar-refractivity contribution is -0.116. The molecule has 0 bridgehead atoms. The molecular weight excluding hydrogens is 312 g/mol. The fourth-order valence-corrected chi connectivity index (χ4v) is 3.93. The second-order valence-corrected chi connectivity index (χ2v) is 7.35. The first-order valence-corrected chi connectivity index (χ1v) is 9.01. The Bertz CT molecular complexity index is 673. The van der Waals surface area contributed by atoms with Crippen molar-refractivity contribution in [1.29, 1.82) is 0 Å². The Kier molecular flexibility index (Phi) is 5.05. The molecule has 2 heterocycles. The van der Waals surface area contributed by atoms with E-state index in [-0.39, 0.29) is 11.9 Å². The molecule has 0 atom stereocenters. The summed E-state index contributed by atoms with van der Waals surface area (Å²) in [6.45, 7) is 3.84. The van der Waals surface area contributed by atoms with Crippen LogP contribution in [0.5, 0.6) is 0 Å². The molecule has 7 heteroatoms. The molecule has 3 rings (SSSR count). The molecule has 23 heavy (non-hydrogen) atoms. The normalized spacial score (nSPS) is 15.7. The quantitative estimate of drug-likeness (QED) is 0.890. The third-order valence-electron chi connectivity index (χ3n) is 4.27. The summed E-state index contributed by atoms with van der Waals surface area (Å²) in [6, 6.07) is 0.166. The maximum Gasteiger partial charge on any atom is 0.322 e. The molecule has 1 aliphatic carbocycles. The molecule has 0 aliphatic heterocycles. The molecule has 0 spiro atoms. The van der Waals surface area contributed by atoms with Crippen molar-refractivity contribution >= 4 is 23.3 Å². The van der Waals surface area contributed by atoms with Crippen LogP contribution in [-0.2, 0) is 4.79 Å². The summed E-state index contributed by atoms with van der Waals surface area (Å²) in [7, 11) is 0. The highest BCUT2D eigenvalue weighted by Crippen LogP contribution is 2.30. The van der Waals surface area contributed by atoms with E-state index in [2.05, 4.69) is 20.5 Å². The molecule has 2 aromatic heterocycles. The summed E-state index contributed by atoms with van der Waals surface area (Å²) >= 11 is 1.51. The number of rotatable bonds is 5. The van der Waals surface area contributed by atoms with Gasteiger partial charge in [0.1, 0.15) is 4.88 Å². The van der Waals surface area contributed by atoms with Crippen molar-refractivity contribution in [3.8, 4) is 10.8 Å². The SMILES string of the molecule is Cc1nc(C)c(-c2nnc(NC(=O)CCC3CCCCC3)o2)s1. The first kappa shape index (κ1) is 16.1. The van der Waals surface area contributed by atoms with Crippen molar-refractivity contribution in [2.45, 2.75) is 58.8 Å². The minimum Gasteiger partial charge on any atom is -0.402 e. The Labute approximate surface area is 139 Å². The van der Waals surface area contributed by atoms with E-state index in [1.54, 1.807) is 0 Å². The molecule has 0 aromatic carbocycles. The third kappa shape index (κ3) is 4.16. The number of amides is 1. The van der Waals surface area contributed by atoms with E-state index >= 15 is 0 Å². The van der Waals surface area contributed by atoms with Gasteiger partial charge in [0.15, 0.2) is 0 Å². The van der Waals surface area contributed by atoms with Gasteiger partial charge in [-0.3, -0.25) is 10.1 Å². The number of nitrogens with zero attached hydrogens (tertiary/aromatic N) is 3. The maximum atomic E-state index is 12.0. The number of aryl methyl sites for hydroxylation is 2. The van der Waals surface area contributed by atoms with Gasteiger partial charge in [-0.15, -0.1) is 16.4 Å². The molecule has 6 nitrogen and oxygen atoms in total. The molecule has 1 N–H and O–H groups in total. The Morgan fingerprint density at radius 2 is 2.04 bits per heavy atom. The van der Waals surface area contributed by atoms with Gasteiger partial charge in [0.05, 0.1) is 10.7 Å². The molecular formula is C16H22N4O2S. The largest absolute Gasteiger partial charge is 0.402 e. The Morgan fingerprint density at radius 3 is 2.74 bits per heavy atom. The summed E-state index contributed by atoms with van der Waals surface area (Å²) in [5, 5.41) is 11.6. The van der Waals surface area contributed by atoms with Crippen molar-refractivity contribution in [2.24, 2.45) is 5.92 Å². The van der Waals surface area contributed by atoms with Crippen LogP contribution in [0, 0.1) is 19.8 Å². The van der Waals surface area contributed by atoms with Crippen LogP contribution >= 0.6 is 11.3 Å². The number of hydrogen-bond acceptors (Lipinski definition) is 6. The van der Waals surface area contributed by atoms with Crippen molar-refractivity contribution in [2.75, 3.05) is 5.32 Å². The summed E-state index contributed by atoms with van der Waals surface area (Å²) in [6.07, 6.45) is 7.90. The monoisotopic (exact) mass is 334 g/mol. The number of anilines is 1. The number of nitrogens with one attached hydrogen (secondary N) is 1. The van der Waals surface area contributed by atoms with E-state index in [0.29, 0.717) is 18.2 Å². The number of hydrogen-bond donors (Lipinski definition) is 1. The van der Waals surface area contributed by atoms with Crippen LogP contribution in [0.25, 0.3) is 10.8 Å². The zero-order valence-corrected chi connectivity index (χ0v) is 14.4. The molecule has 0 radical (unpaired) electrons. The van der Waals surface area contributed by atoms with Crippen LogP contribution in [0.1, 0.15) is 55.6 Å². The first-order chi connectivity index (χ1) is 11.1. The second kappa shape index (κ2) is 7.21. The first-order valence-electron chi connectivity index (χ1n) is 8.19. The molecule has 124 valence electrons. The van der Waals surface area contributed by atoms with Crippen LogP contribution in [0.2, 0.25) is 0 Å². The highest BCUT2D eigenvalue weighted by Gasteiger charge is 2.18. The van der Waals surface area contributed by atoms with Crippen molar-refractivity contribution in [3.63, 3.8) is 0 Å². The topological polar surface area (TPSA) is 80.9 Å². The van der Waals surface area contributed by atoms with Crippen LogP contribution in [-0.4, -0.2) is 21.1 Å². The number of aromatic nitrogens is 3. The molecule has 1 amide bonds. The predicted octanol–water partition coefficient (Wildman–Crippen LogP) is 4.11. The van der Waals surface area contributed by atoms with Gasteiger partial charge >= 0.3 is 6.01 Å². The highest BCUT2D eigenvalue weighted by molar-refractivity contribution is 7.15. The average molecular weight is 334 g/mol. The smallest absolute Gasteiger partial charge is 0.322 e. The average Bonchev–Trinajstić information content (AvgIpc) is 3.12. The number of carbonyl (C=O) groups excluding carboxylic acids is 1. The van der Waals surface area contributed by atoms with Crippen molar-refractivity contribution in [1.82, 2.24) is 15.2 Å². The van der Waals surface area contributed by atoms with Gasteiger partial charge < -0.3 is 4.42 Å². The fraction of sp³-hybridized carbons (Fsp3) is 0.625. The molecule has 0 unspecified atom stereocenters.